The van der Waals surface area contributed by atoms with Gasteiger partial charge in [-0.15, -0.1) is 11.3 Å². The van der Waals surface area contributed by atoms with Crippen LogP contribution in [0.2, 0.25) is 0 Å². The third-order valence-corrected chi connectivity index (χ3v) is 18.5. The van der Waals surface area contributed by atoms with Gasteiger partial charge < -0.3 is 4.90 Å². The molecule has 1 heterocycles. The summed E-state index contributed by atoms with van der Waals surface area (Å²) in [6.07, 6.45) is 5.29. The third kappa shape index (κ3) is 5.60. The molecule has 2 saturated carbocycles. The number of hydrogen-bond acceptors (Lipinski definition) is 2. The predicted molar refractivity (Wildman–Crippen MR) is 297 cm³/mol. The molecule has 4 aliphatic carbocycles. The Kier molecular flexibility index (Phi) is 8.65. The minimum Gasteiger partial charge on any atom is -0.310 e. The van der Waals surface area contributed by atoms with Gasteiger partial charge in [0, 0.05) is 47.9 Å². The van der Waals surface area contributed by atoms with Crippen LogP contribution in [-0.2, 0) is 10.8 Å². The average molecular weight is 914 g/mol. The number of anilines is 3. The van der Waals surface area contributed by atoms with Gasteiger partial charge >= 0.3 is 0 Å². The first-order valence-electron chi connectivity index (χ1n) is 25.4. The summed E-state index contributed by atoms with van der Waals surface area (Å²) in [5.41, 5.74) is 22.5. The van der Waals surface area contributed by atoms with Crippen LogP contribution < -0.4 is 4.90 Å². The maximum Gasteiger partial charge on any atom is 0.0540 e. The van der Waals surface area contributed by atoms with Gasteiger partial charge in [-0.2, -0.15) is 0 Å². The Bertz CT molecular complexity index is 3960. The summed E-state index contributed by atoms with van der Waals surface area (Å²) in [5, 5.41) is 5.26. The lowest BCUT2D eigenvalue weighted by Crippen LogP contribution is -2.32. The van der Waals surface area contributed by atoms with E-state index in [0.717, 1.165) is 11.6 Å². The molecule has 4 aliphatic rings. The van der Waals surface area contributed by atoms with E-state index < -0.39 is 0 Å². The maximum absolute atomic E-state index is 2.61. The molecule has 0 N–H and O–H groups in total. The van der Waals surface area contributed by atoms with Crippen molar-refractivity contribution in [3.63, 3.8) is 0 Å². The van der Waals surface area contributed by atoms with Crippen LogP contribution in [-0.4, -0.2) is 0 Å². The van der Waals surface area contributed by atoms with Crippen LogP contribution >= 0.6 is 11.3 Å². The molecule has 15 rings (SSSR count). The van der Waals surface area contributed by atoms with E-state index in [4.69, 9.17) is 0 Å². The Hall–Kier alpha value is -7.52. The van der Waals surface area contributed by atoms with Crippen LogP contribution in [0.25, 0.3) is 86.6 Å². The molecule has 1 nitrogen and oxygen atoms in total. The van der Waals surface area contributed by atoms with Gasteiger partial charge in [0.25, 0.3) is 0 Å². The number of hydrogen-bond donors (Lipinski definition) is 0. The second kappa shape index (κ2) is 15.0. The molecule has 0 amide bonds. The first-order chi connectivity index (χ1) is 34.5. The van der Waals surface area contributed by atoms with Gasteiger partial charge in [-0.1, -0.05) is 196 Å². The van der Waals surface area contributed by atoms with Gasteiger partial charge in [0.1, 0.15) is 0 Å². The molecule has 0 aliphatic heterocycles. The molecule has 2 heteroatoms. The molecular weight excluding hydrogens is 863 g/mol. The molecule has 3 atom stereocenters. The summed E-state index contributed by atoms with van der Waals surface area (Å²) < 4.78 is 2.67. The van der Waals surface area contributed by atoms with E-state index in [9.17, 15) is 0 Å². The Morgan fingerprint density at radius 3 is 1.89 bits per heavy atom. The summed E-state index contributed by atoms with van der Waals surface area (Å²) in [7, 11) is 0. The van der Waals surface area contributed by atoms with Crippen LogP contribution in [0.5, 0.6) is 0 Å². The number of thiophene rings is 1. The molecule has 2 fully saturated rings. The zero-order valence-corrected chi connectivity index (χ0v) is 40.4. The fourth-order valence-corrected chi connectivity index (χ4v) is 15.7. The maximum atomic E-state index is 2.61. The zero-order chi connectivity index (χ0) is 46.3. The molecule has 2 bridgehead atoms. The fourth-order valence-electron chi connectivity index (χ4n) is 14.5. The van der Waals surface area contributed by atoms with Crippen LogP contribution in [0.1, 0.15) is 61.8 Å². The second-order valence-corrected chi connectivity index (χ2v) is 22.2. The van der Waals surface area contributed by atoms with E-state index in [-0.39, 0.29) is 10.8 Å². The summed E-state index contributed by atoms with van der Waals surface area (Å²) in [6.45, 7) is 4.79. The van der Waals surface area contributed by atoms with Crippen molar-refractivity contribution >= 4 is 59.3 Å². The van der Waals surface area contributed by atoms with Crippen molar-refractivity contribution in [2.75, 3.05) is 4.90 Å². The minimum atomic E-state index is -0.116. The molecule has 10 aromatic carbocycles. The Labute approximate surface area is 414 Å². The molecule has 1 spiro atoms. The summed E-state index contributed by atoms with van der Waals surface area (Å²) in [5.74, 6) is 1.48. The first kappa shape index (κ1) is 40.4. The molecular formula is C68H51NS. The molecule has 70 heavy (non-hydrogen) atoms. The van der Waals surface area contributed by atoms with Crippen molar-refractivity contribution in [2.24, 2.45) is 11.8 Å². The van der Waals surface area contributed by atoms with Crippen molar-refractivity contribution in [1.29, 1.82) is 0 Å². The van der Waals surface area contributed by atoms with Gasteiger partial charge in [-0.05, 0) is 151 Å². The van der Waals surface area contributed by atoms with E-state index in [1.54, 1.807) is 5.56 Å². The lowest BCUT2D eigenvalue weighted by atomic mass is 9.67. The quantitative estimate of drug-likeness (QED) is 0.161. The molecule has 0 radical (unpaired) electrons. The third-order valence-electron chi connectivity index (χ3n) is 17.3. The van der Waals surface area contributed by atoms with Gasteiger partial charge in [0.05, 0.1) is 5.69 Å². The summed E-state index contributed by atoms with van der Waals surface area (Å²) >= 11 is 1.92. The highest BCUT2D eigenvalue weighted by Gasteiger charge is 2.56. The smallest absolute Gasteiger partial charge is 0.0540 e. The average Bonchev–Trinajstić information content (AvgIpc) is 4.24. The molecule has 3 unspecified atom stereocenters. The highest BCUT2D eigenvalue weighted by atomic mass is 32.1. The number of benzene rings is 10. The first-order valence-corrected chi connectivity index (χ1v) is 26.2. The van der Waals surface area contributed by atoms with E-state index in [0.29, 0.717) is 5.92 Å². The monoisotopic (exact) mass is 913 g/mol. The SMILES string of the molecule is CC1(C)c2ccccc2-c2cccc(-c3ccccc3-c3ccc(N(c4ccc5c(c4)C4(CC6CCC4C6)c4ccccc4-5)c4ccccc4-c4cccc5sc6c7ccccc7ccc6c45)cc3)c21. The largest absolute Gasteiger partial charge is 0.310 e. The fraction of sp³-hybridized carbons (Fsp3) is 0.147. The number of para-hydroxylation sites is 1. The molecule has 0 saturated heterocycles. The van der Waals surface area contributed by atoms with Crippen molar-refractivity contribution in [2.45, 2.75) is 50.4 Å². The Morgan fingerprint density at radius 1 is 0.457 bits per heavy atom. The van der Waals surface area contributed by atoms with Crippen molar-refractivity contribution in [3.8, 4) is 55.6 Å². The van der Waals surface area contributed by atoms with E-state index in [1.807, 2.05) is 11.3 Å². The van der Waals surface area contributed by atoms with Crippen LogP contribution in [0.3, 0.4) is 0 Å². The zero-order valence-electron chi connectivity index (χ0n) is 39.5. The predicted octanol–water partition coefficient (Wildman–Crippen LogP) is 19.1. The Morgan fingerprint density at radius 2 is 1.09 bits per heavy atom. The highest BCUT2D eigenvalue weighted by molar-refractivity contribution is 7.26. The minimum absolute atomic E-state index is 0.0706. The lowest BCUT2D eigenvalue weighted by molar-refractivity contribution is 0.327. The van der Waals surface area contributed by atoms with Crippen LogP contribution in [0, 0.1) is 11.8 Å². The highest BCUT2D eigenvalue weighted by Crippen LogP contribution is 2.66. The molecule has 1 aromatic heterocycles. The van der Waals surface area contributed by atoms with Crippen molar-refractivity contribution in [3.05, 3.63) is 235 Å². The normalized spacial score (nSPS) is 18.9. The number of nitrogens with zero attached hydrogens (tertiary/aromatic N) is 1. The van der Waals surface area contributed by atoms with E-state index >= 15 is 0 Å². The van der Waals surface area contributed by atoms with Crippen LogP contribution in [0.15, 0.2) is 212 Å². The standard InChI is InChI=1S/C68H51NS/c1-67(2)59-25-10-7-20-52(59)57-24-13-23-56(65(57)67)50-18-6-5-16-48(50)44-30-34-46(35-31-44)69(47-36-38-53-51-19-8-11-26-60(51)68(61(53)40-47)41-42-29-33-45(68)39-42)62-27-12-9-21-54(62)55-22-14-28-63-64(55)58-37-32-43-15-3-4-17-49(43)66(58)70-63/h3-28,30-32,34-38,40,42,45H,29,33,39,41H2,1-2H3. The summed E-state index contributed by atoms with van der Waals surface area (Å²) in [4.78, 5) is 2.57. The molecule has 334 valence electrons. The van der Waals surface area contributed by atoms with E-state index in [2.05, 4.69) is 231 Å². The van der Waals surface area contributed by atoms with Gasteiger partial charge in [-0.25, -0.2) is 0 Å². The van der Waals surface area contributed by atoms with Crippen LogP contribution in [0.4, 0.5) is 17.1 Å². The van der Waals surface area contributed by atoms with Gasteiger partial charge in [0.15, 0.2) is 0 Å². The number of rotatable bonds is 6. The molecule has 11 aromatic rings. The van der Waals surface area contributed by atoms with Gasteiger partial charge in [-0.3, -0.25) is 0 Å². The van der Waals surface area contributed by atoms with Crippen molar-refractivity contribution < 1.29 is 0 Å². The lowest BCUT2D eigenvalue weighted by Gasteiger charge is -2.37. The second-order valence-electron chi connectivity index (χ2n) is 21.1. The Balaban J connectivity index is 0.917. The van der Waals surface area contributed by atoms with E-state index in [1.165, 1.54) is 140 Å². The topological polar surface area (TPSA) is 3.24 Å². The summed E-state index contributed by atoms with van der Waals surface area (Å²) in [6, 6.07) is 80.8. The number of fused-ring (bicyclic) bond motifs is 16. The van der Waals surface area contributed by atoms with Gasteiger partial charge in [0.2, 0.25) is 0 Å². The van der Waals surface area contributed by atoms with Crippen molar-refractivity contribution in [1.82, 2.24) is 0 Å².